The molecular weight excluding hydrogens is 366 g/mol. The number of methoxy groups -OCH3 is 1. The highest BCUT2D eigenvalue weighted by Crippen LogP contribution is 2.18. The Hall–Kier alpha value is -2.72. The molecule has 0 spiro atoms. The molecule has 0 saturated heterocycles. The maximum absolute atomic E-state index is 12.9. The summed E-state index contributed by atoms with van der Waals surface area (Å²) in [6.45, 7) is 1.25. The summed E-state index contributed by atoms with van der Waals surface area (Å²) < 4.78 is 5.19. The van der Waals surface area contributed by atoms with Gasteiger partial charge in [-0.1, -0.05) is 72.8 Å². The van der Waals surface area contributed by atoms with Crippen LogP contribution in [0.25, 0.3) is 0 Å². The molecule has 0 N–H and O–H groups in total. The van der Waals surface area contributed by atoms with E-state index in [0.29, 0.717) is 18.8 Å². The molecule has 3 rings (SSSR count). The van der Waals surface area contributed by atoms with Gasteiger partial charge in [0.2, 0.25) is 5.91 Å². The number of nitrogens with zero attached hydrogens (tertiary/aromatic N) is 1. The molecule has 28 heavy (non-hydrogen) atoms. The van der Waals surface area contributed by atoms with Gasteiger partial charge in [0.05, 0.1) is 12.9 Å². The van der Waals surface area contributed by atoms with E-state index in [-0.39, 0.29) is 5.91 Å². The molecule has 144 valence electrons. The quantitative estimate of drug-likeness (QED) is 0.505. The molecule has 0 fully saturated rings. The highest BCUT2D eigenvalue weighted by Gasteiger charge is 2.15. The Labute approximate surface area is 171 Å². The Balaban J connectivity index is 1.60. The summed E-state index contributed by atoms with van der Waals surface area (Å²) in [6, 6.07) is 28.3. The van der Waals surface area contributed by atoms with Crippen molar-refractivity contribution in [3.8, 4) is 5.75 Å². The zero-order chi connectivity index (χ0) is 19.6. The van der Waals surface area contributed by atoms with E-state index < -0.39 is 0 Å². The zero-order valence-corrected chi connectivity index (χ0v) is 16.9. The minimum atomic E-state index is 0.159. The lowest BCUT2D eigenvalue weighted by Crippen LogP contribution is -2.31. The molecule has 4 heteroatoms. The number of benzene rings is 3. The van der Waals surface area contributed by atoms with Crippen molar-refractivity contribution in [1.82, 2.24) is 4.90 Å². The molecule has 0 radical (unpaired) electrons. The maximum atomic E-state index is 12.9. The van der Waals surface area contributed by atoms with Crippen LogP contribution in [0.2, 0.25) is 0 Å². The minimum Gasteiger partial charge on any atom is -0.497 e. The number of rotatable bonds is 9. The standard InChI is InChI=1S/C24H25NO2S/c1-27-23-14-12-22(13-15-23)18-28-19-24(26)25(16-20-8-4-2-5-9-20)17-21-10-6-3-7-11-21/h2-15H,16-19H2,1H3. The summed E-state index contributed by atoms with van der Waals surface area (Å²) in [5, 5.41) is 0. The third-order valence-corrected chi connectivity index (χ3v) is 5.43. The van der Waals surface area contributed by atoms with Gasteiger partial charge in [0, 0.05) is 18.8 Å². The van der Waals surface area contributed by atoms with Gasteiger partial charge < -0.3 is 9.64 Å². The smallest absolute Gasteiger partial charge is 0.233 e. The van der Waals surface area contributed by atoms with Crippen molar-refractivity contribution in [3.05, 3.63) is 102 Å². The SMILES string of the molecule is COc1ccc(CSCC(=O)N(Cc2ccccc2)Cc2ccccc2)cc1. The highest BCUT2D eigenvalue weighted by atomic mass is 32.2. The van der Waals surface area contributed by atoms with Gasteiger partial charge in [-0.15, -0.1) is 11.8 Å². The molecule has 0 aliphatic rings. The number of amides is 1. The van der Waals surface area contributed by atoms with E-state index in [4.69, 9.17) is 4.74 Å². The molecule has 3 aromatic rings. The van der Waals surface area contributed by atoms with Gasteiger partial charge in [0.15, 0.2) is 0 Å². The van der Waals surface area contributed by atoms with E-state index in [9.17, 15) is 4.79 Å². The number of carbonyl (C=O) groups is 1. The van der Waals surface area contributed by atoms with Crippen LogP contribution < -0.4 is 4.74 Å². The summed E-state index contributed by atoms with van der Waals surface area (Å²) >= 11 is 1.65. The maximum Gasteiger partial charge on any atom is 0.233 e. The van der Waals surface area contributed by atoms with Gasteiger partial charge in [0.25, 0.3) is 0 Å². The molecular formula is C24H25NO2S. The van der Waals surface area contributed by atoms with Crippen molar-refractivity contribution in [2.75, 3.05) is 12.9 Å². The monoisotopic (exact) mass is 391 g/mol. The predicted molar refractivity (Wildman–Crippen MR) is 116 cm³/mol. The second-order valence-corrected chi connectivity index (χ2v) is 7.55. The van der Waals surface area contributed by atoms with Gasteiger partial charge >= 0.3 is 0 Å². The largest absolute Gasteiger partial charge is 0.497 e. The van der Waals surface area contributed by atoms with Crippen LogP contribution in [0.5, 0.6) is 5.75 Å². The summed E-state index contributed by atoms with van der Waals surface area (Å²) in [7, 11) is 1.66. The first kappa shape index (κ1) is 20.0. The van der Waals surface area contributed by atoms with E-state index in [2.05, 4.69) is 24.3 Å². The van der Waals surface area contributed by atoms with Gasteiger partial charge in [-0.25, -0.2) is 0 Å². The summed E-state index contributed by atoms with van der Waals surface area (Å²) in [5.74, 6) is 2.28. The highest BCUT2D eigenvalue weighted by molar-refractivity contribution is 7.99. The first-order valence-electron chi connectivity index (χ1n) is 9.31. The Kier molecular flexibility index (Phi) is 7.56. The van der Waals surface area contributed by atoms with E-state index in [1.807, 2.05) is 65.6 Å². The summed E-state index contributed by atoms with van der Waals surface area (Å²) in [5.41, 5.74) is 3.48. The van der Waals surface area contributed by atoms with Gasteiger partial charge in [0.1, 0.15) is 5.75 Å². The number of carbonyl (C=O) groups excluding carboxylic acids is 1. The Bertz CT molecular complexity index is 809. The number of hydrogen-bond acceptors (Lipinski definition) is 3. The van der Waals surface area contributed by atoms with Crippen LogP contribution in [-0.2, 0) is 23.6 Å². The molecule has 3 nitrogen and oxygen atoms in total. The Morgan fingerprint density at radius 3 is 1.82 bits per heavy atom. The van der Waals surface area contributed by atoms with E-state index in [1.165, 1.54) is 5.56 Å². The number of ether oxygens (including phenoxy) is 1. The van der Waals surface area contributed by atoms with Crippen LogP contribution >= 0.6 is 11.8 Å². The molecule has 0 heterocycles. The first-order valence-corrected chi connectivity index (χ1v) is 10.5. The normalized spacial score (nSPS) is 10.5. The van der Waals surface area contributed by atoms with E-state index in [0.717, 1.165) is 22.6 Å². The number of hydrogen-bond donors (Lipinski definition) is 0. The van der Waals surface area contributed by atoms with Crippen molar-refractivity contribution in [2.45, 2.75) is 18.8 Å². The average molecular weight is 392 g/mol. The molecule has 0 aromatic heterocycles. The number of thioether (sulfide) groups is 1. The average Bonchev–Trinajstić information content (AvgIpc) is 2.75. The van der Waals surface area contributed by atoms with Crippen molar-refractivity contribution in [3.63, 3.8) is 0 Å². The lowest BCUT2D eigenvalue weighted by atomic mass is 10.1. The fourth-order valence-electron chi connectivity index (χ4n) is 2.91. The van der Waals surface area contributed by atoms with Gasteiger partial charge in [-0.2, -0.15) is 0 Å². The molecule has 0 aliphatic carbocycles. The molecule has 0 saturated carbocycles. The second kappa shape index (κ2) is 10.6. The van der Waals surface area contributed by atoms with Crippen LogP contribution in [0.15, 0.2) is 84.9 Å². The Morgan fingerprint density at radius 1 is 0.786 bits per heavy atom. The van der Waals surface area contributed by atoms with Crippen molar-refractivity contribution in [1.29, 1.82) is 0 Å². The molecule has 0 atom stereocenters. The predicted octanol–water partition coefficient (Wildman–Crippen LogP) is 5.16. The fourth-order valence-corrected chi connectivity index (χ4v) is 3.80. The van der Waals surface area contributed by atoms with Crippen LogP contribution in [0.3, 0.4) is 0 Å². The summed E-state index contributed by atoms with van der Waals surface area (Å²) in [6.07, 6.45) is 0. The minimum absolute atomic E-state index is 0.159. The van der Waals surface area contributed by atoms with Crippen molar-refractivity contribution >= 4 is 17.7 Å². The third-order valence-electron chi connectivity index (χ3n) is 4.44. The van der Waals surface area contributed by atoms with Gasteiger partial charge in [-0.05, 0) is 28.8 Å². The third kappa shape index (κ3) is 6.17. The molecule has 0 bridgehead atoms. The van der Waals surface area contributed by atoms with Crippen LogP contribution in [0.4, 0.5) is 0 Å². The summed E-state index contributed by atoms with van der Waals surface area (Å²) in [4.78, 5) is 14.9. The van der Waals surface area contributed by atoms with Crippen molar-refractivity contribution in [2.24, 2.45) is 0 Å². The molecule has 3 aromatic carbocycles. The van der Waals surface area contributed by atoms with Crippen LogP contribution in [-0.4, -0.2) is 23.7 Å². The second-order valence-electron chi connectivity index (χ2n) is 6.56. The molecule has 0 unspecified atom stereocenters. The molecule has 0 aliphatic heterocycles. The zero-order valence-electron chi connectivity index (χ0n) is 16.1. The van der Waals surface area contributed by atoms with E-state index >= 15 is 0 Å². The van der Waals surface area contributed by atoms with E-state index in [1.54, 1.807) is 18.9 Å². The molecule has 1 amide bonds. The lowest BCUT2D eigenvalue weighted by Gasteiger charge is -2.23. The van der Waals surface area contributed by atoms with Crippen LogP contribution in [0.1, 0.15) is 16.7 Å². The van der Waals surface area contributed by atoms with Crippen LogP contribution in [0, 0.1) is 0 Å². The Morgan fingerprint density at radius 2 is 1.32 bits per heavy atom. The fraction of sp³-hybridized carbons (Fsp3) is 0.208. The first-order chi connectivity index (χ1) is 13.7. The van der Waals surface area contributed by atoms with Crippen molar-refractivity contribution < 1.29 is 9.53 Å². The topological polar surface area (TPSA) is 29.5 Å². The van der Waals surface area contributed by atoms with Gasteiger partial charge in [-0.3, -0.25) is 4.79 Å². The lowest BCUT2D eigenvalue weighted by molar-refractivity contribution is -0.129.